The molecule has 2 bridgehead atoms. The number of carbonyl (C=O) groups is 2. The first kappa shape index (κ1) is 21.2. The van der Waals surface area contributed by atoms with E-state index in [1.54, 1.807) is 12.1 Å². The molecule has 7 nitrogen and oxygen atoms in total. The Hall–Kier alpha value is -3.71. The minimum atomic E-state index is -2.25. The molecule has 1 N–H and O–H groups in total. The van der Waals surface area contributed by atoms with E-state index in [1.165, 1.54) is 26.6 Å². The number of ketones is 1. The van der Waals surface area contributed by atoms with Crippen LogP contribution in [0.25, 0.3) is 0 Å². The number of methoxy groups -OCH3 is 2. The van der Waals surface area contributed by atoms with Crippen molar-refractivity contribution < 1.29 is 28.9 Å². The van der Waals surface area contributed by atoms with Crippen molar-refractivity contribution in [1.29, 1.82) is 0 Å². The number of hydrogen-bond acceptors (Lipinski definition) is 7. The van der Waals surface area contributed by atoms with Crippen molar-refractivity contribution in [3.8, 4) is 11.5 Å². The van der Waals surface area contributed by atoms with Crippen molar-refractivity contribution >= 4 is 11.8 Å². The van der Waals surface area contributed by atoms with Gasteiger partial charge in [0.2, 0.25) is 11.4 Å². The maximum absolute atomic E-state index is 14.3. The molecule has 4 atom stereocenters. The summed E-state index contributed by atoms with van der Waals surface area (Å²) >= 11 is 0. The van der Waals surface area contributed by atoms with Crippen LogP contribution < -0.4 is 9.47 Å². The molecule has 3 aromatic rings. The van der Waals surface area contributed by atoms with Crippen LogP contribution in [0.3, 0.4) is 0 Å². The largest absolute Gasteiger partial charge is 0.495 e. The van der Waals surface area contributed by atoms with Gasteiger partial charge in [0.1, 0.15) is 17.4 Å². The number of hydrogen-bond donors (Lipinski definition) is 1. The fourth-order valence-electron chi connectivity index (χ4n) is 5.32. The van der Waals surface area contributed by atoms with Gasteiger partial charge in [0.15, 0.2) is 5.60 Å². The third-order valence-electron chi connectivity index (χ3n) is 6.75. The Balaban J connectivity index is 1.91. The topological polar surface area (TPSA) is 95.0 Å². The third-order valence-corrected chi connectivity index (χ3v) is 6.75. The molecule has 1 aliphatic heterocycles. The van der Waals surface area contributed by atoms with E-state index in [4.69, 9.17) is 14.2 Å². The minimum absolute atomic E-state index is 0.0848. The molecule has 33 heavy (non-hydrogen) atoms. The van der Waals surface area contributed by atoms with E-state index in [1.807, 2.05) is 49.4 Å². The van der Waals surface area contributed by atoms with Crippen molar-refractivity contribution in [2.45, 2.75) is 24.0 Å². The molecule has 1 aliphatic carbocycles. The number of aryl methyl sites for hydroxylation is 1. The van der Waals surface area contributed by atoms with E-state index in [0.717, 1.165) is 5.56 Å². The summed E-state index contributed by atoms with van der Waals surface area (Å²) in [7, 11) is 2.65. The Morgan fingerprint density at radius 1 is 1.06 bits per heavy atom. The van der Waals surface area contributed by atoms with E-state index in [9.17, 15) is 14.7 Å². The van der Waals surface area contributed by atoms with E-state index in [-0.39, 0.29) is 17.1 Å². The van der Waals surface area contributed by atoms with Crippen molar-refractivity contribution in [2.75, 3.05) is 14.2 Å². The Morgan fingerprint density at radius 2 is 1.76 bits per heavy atom. The van der Waals surface area contributed by atoms with Crippen LogP contribution in [-0.4, -0.2) is 36.1 Å². The van der Waals surface area contributed by atoms with Crippen LogP contribution in [0, 0.1) is 12.8 Å². The maximum atomic E-state index is 14.3. The van der Waals surface area contributed by atoms with Crippen LogP contribution in [0.15, 0.2) is 67.0 Å². The minimum Gasteiger partial charge on any atom is -0.495 e. The summed E-state index contributed by atoms with van der Waals surface area (Å²) in [5.74, 6) is -3.17. The van der Waals surface area contributed by atoms with Crippen LogP contribution in [0.5, 0.6) is 11.5 Å². The predicted molar refractivity (Wildman–Crippen MR) is 118 cm³/mol. The van der Waals surface area contributed by atoms with Crippen molar-refractivity contribution in [1.82, 2.24) is 4.98 Å². The highest BCUT2D eigenvalue weighted by Gasteiger charge is 2.77. The number of rotatable bonds is 4. The highest BCUT2D eigenvalue weighted by atomic mass is 16.5. The normalized spacial score (nSPS) is 27.5. The van der Waals surface area contributed by atoms with Crippen LogP contribution >= 0.6 is 0 Å². The zero-order valence-corrected chi connectivity index (χ0v) is 18.4. The smallest absolute Gasteiger partial charge is 0.313 e. The summed E-state index contributed by atoms with van der Waals surface area (Å²) in [4.78, 5) is 31.7. The molecule has 2 heterocycles. The number of carbonyl (C=O) groups excluding carboxylic acids is 2. The van der Waals surface area contributed by atoms with Gasteiger partial charge in [-0.05, 0) is 12.5 Å². The van der Waals surface area contributed by atoms with Crippen LogP contribution in [0.1, 0.15) is 28.2 Å². The highest BCUT2D eigenvalue weighted by molar-refractivity contribution is 6.07. The van der Waals surface area contributed by atoms with Crippen LogP contribution in [0.4, 0.5) is 0 Å². The van der Waals surface area contributed by atoms with E-state index in [0.29, 0.717) is 11.1 Å². The Bertz CT molecular complexity index is 1240. The molecule has 0 saturated heterocycles. The Kier molecular flexibility index (Phi) is 4.76. The number of ether oxygens (including phenoxy) is 3. The average Bonchev–Trinajstić information content (AvgIpc) is 2.96. The second-order valence-electron chi connectivity index (χ2n) is 8.40. The van der Waals surface area contributed by atoms with E-state index in [2.05, 4.69) is 4.98 Å². The number of aromatic nitrogens is 1. The molecule has 0 spiro atoms. The Labute approximate surface area is 190 Å². The van der Waals surface area contributed by atoms with Crippen LogP contribution in [-0.2, 0) is 25.5 Å². The number of Topliss-reactive ketones (excluding diaryl/α,β-unsaturated/α-hetero) is 1. The number of benzene rings is 2. The van der Waals surface area contributed by atoms with Gasteiger partial charge in [0, 0.05) is 5.56 Å². The molecule has 2 aliphatic rings. The molecule has 0 radical (unpaired) electrons. The monoisotopic (exact) mass is 445 g/mol. The number of aliphatic hydroxyl groups is 1. The number of fused-ring (bicyclic) bond motifs is 4. The first-order chi connectivity index (χ1) is 15.9. The SMILES string of the molecule is COC(=O)[C@H]1[C@@H](c2ccccc2)C2(c3ccc(C)cc3)Oc3cncc(OC)c3[C@@]1(O)C2=O. The molecular formula is C26H23NO6. The summed E-state index contributed by atoms with van der Waals surface area (Å²) in [6.07, 6.45) is 2.82. The van der Waals surface area contributed by atoms with Crippen molar-refractivity contribution in [3.63, 3.8) is 0 Å². The first-order valence-corrected chi connectivity index (χ1v) is 10.6. The number of pyridine rings is 1. The van der Waals surface area contributed by atoms with Gasteiger partial charge in [-0.3, -0.25) is 14.6 Å². The third kappa shape index (κ3) is 2.69. The van der Waals surface area contributed by atoms with E-state index < -0.39 is 34.8 Å². The lowest BCUT2D eigenvalue weighted by atomic mass is 9.75. The first-order valence-electron chi connectivity index (χ1n) is 10.6. The summed E-state index contributed by atoms with van der Waals surface area (Å²) < 4.78 is 17.0. The predicted octanol–water partition coefficient (Wildman–Crippen LogP) is 3.03. The molecule has 5 rings (SSSR count). The molecule has 1 unspecified atom stereocenters. The van der Waals surface area contributed by atoms with Gasteiger partial charge < -0.3 is 19.3 Å². The lowest BCUT2D eigenvalue weighted by Gasteiger charge is -2.39. The number of nitrogens with zero attached hydrogens (tertiary/aromatic N) is 1. The number of esters is 1. The summed E-state index contributed by atoms with van der Waals surface area (Å²) in [5, 5.41) is 12.2. The lowest BCUT2D eigenvalue weighted by molar-refractivity contribution is -0.162. The standard InChI is InChI=1S/C26H23NO6/c1-15-9-11-17(12-10-15)26-20(16-7-5-4-6-8-16)22(23(28)32-3)25(30,24(26)29)21-18(31-2)13-27-14-19(21)33-26/h4-14,20,22,30H,1-3H3/t20-,22-,25+,26?/m1/s1. The molecule has 0 amide bonds. The van der Waals surface area contributed by atoms with Crippen LogP contribution in [0.2, 0.25) is 0 Å². The molecule has 7 heteroatoms. The van der Waals surface area contributed by atoms with Gasteiger partial charge in [-0.15, -0.1) is 0 Å². The maximum Gasteiger partial charge on any atom is 0.313 e. The van der Waals surface area contributed by atoms with Gasteiger partial charge in [-0.25, -0.2) is 0 Å². The molecule has 1 aromatic heterocycles. The summed E-state index contributed by atoms with van der Waals surface area (Å²) in [6, 6.07) is 16.4. The lowest BCUT2D eigenvalue weighted by Crippen LogP contribution is -2.51. The van der Waals surface area contributed by atoms with Crippen molar-refractivity contribution in [3.05, 3.63) is 89.2 Å². The van der Waals surface area contributed by atoms with Gasteiger partial charge in [0.25, 0.3) is 0 Å². The summed E-state index contributed by atoms with van der Waals surface area (Å²) in [5.41, 5.74) is -1.65. The molecule has 2 aromatic carbocycles. The zero-order chi connectivity index (χ0) is 23.4. The fourth-order valence-corrected chi connectivity index (χ4v) is 5.32. The van der Waals surface area contributed by atoms with E-state index >= 15 is 0 Å². The highest BCUT2D eigenvalue weighted by Crippen LogP contribution is 2.65. The average molecular weight is 445 g/mol. The molecular weight excluding hydrogens is 422 g/mol. The fraction of sp³-hybridized carbons (Fsp3) is 0.269. The van der Waals surface area contributed by atoms with Gasteiger partial charge in [0.05, 0.1) is 38.1 Å². The second kappa shape index (κ2) is 7.42. The Morgan fingerprint density at radius 3 is 2.39 bits per heavy atom. The molecule has 1 saturated carbocycles. The van der Waals surface area contributed by atoms with Gasteiger partial charge >= 0.3 is 5.97 Å². The summed E-state index contributed by atoms with van der Waals surface area (Å²) in [6.45, 7) is 1.94. The quantitative estimate of drug-likeness (QED) is 0.617. The molecule has 168 valence electrons. The second-order valence-corrected chi connectivity index (χ2v) is 8.40. The van der Waals surface area contributed by atoms with Gasteiger partial charge in [-0.2, -0.15) is 0 Å². The van der Waals surface area contributed by atoms with Crippen molar-refractivity contribution in [2.24, 2.45) is 5.92 Å². The molecule has 1 fully saturated rings. The zero-order valence-electron chi connectivity index (χ0n) is 18.4. The van der Waals surface area contributed by atoms with Gasteiger partial charge in [-0.1, -0.05) is 60.2 Å².